The Balaban J connectivity index is 2.61. The summed E-state index contributed by atoms with van der Waals surface area (Å²) in [4.78, 5) is 55.7. The van der Waals surface area contributed by atoms with Crippen molar-refractivity contribution in [3.05, 3.63) is 70.8 Å². The van der Waals surface area contributed by atoms with Crippen molar-refractivity contribution in [1.29, 1.82) is 0 Å². The maximum atomic E-state index is 14.4. The molecule has 0 bridgehead atoms. The molecular weight excluding hydrogens is 570 g/mol. The predicted molar refractivity (Wildman–Crippen MR) is 175 cm³/mol. The van der Waals surface area contributed by atoms with E-state index in [1.165, 1.54) is 0 Å². The molecule has 3 unspecified atom stereocenters. The Hall–Kier alpha value is -4.32. The molecule has 244 valence electrons. The first-order valence-corrected chi connectivity index (χ1v) is 15.2. The fourth-order valence-corrected chi connectivity index (χ4v) is 4.88. The number of hydrogen-bond donors (Lipinski definition) is 2. The lowest BCUT2D eigenvalue weighted by atomic mass is 9.93. The van der Waals surface area contributed by atoms with Gasteiger partial charge in [0.15, 0.2) is 0 Å². The summed E-state index contributed by atoms with van der Waals surface area (Å²) in [6.07, 6.45) is 5.61. The van der Waals surface area contributed by atoms with Crippen LogP contribution in [0.15, 0.2) is 48.5 Å². The minimum absolute atomic E-state index is 0.0107. The fraction of sp³-hybridized carbons (Fsp3) is 0.500. The maximum Gasteiger partial charge on any atom is 0.408 e. The molecule has 0 aromatic heterocycles. The van der Waals surface area contributed by atoms with E-state index in [1.807, 2.05) is 76.2 Å². The summed E-state index contributed by atoms with van der Waals surface area (Å²) in [7, 11) is 0. The minimum atomic E-state index is -1.32. The van der Waals surface area contributed by atoms with Crippen LogP contribution in [0.25, 0.3) is 0 Å². The second-order valence-electron chi connectivity index (χ2n) is 13.7. The van der Waals surface area contributed by atoms with Crippen LogP contribution in [0.4, 0.5) is 4.79 Å². The van der Waals surface area contributed by atoms with Gasteiger partial charge in [-0.1, -0.05) is 68.8 Å². The Morgan fingerprint density at radius 2 is 1.38 bits per heavy atom. The zero-order valence-electron chi connectivity index (χ0n) is 28.3. The Bertz CT molecular complexity index is 1360. The topological polar surface area (TPSA) is 114 Å². The second kappa shape index (κ2) is 15.6. The zero-order chi connectivity index (χ0) is 34.1. The van der Waals surface area contributed by atoms with Gasteiger partial charge in [0.1, 0.15) is 29.3 Å². The van der Waals surface area contributed by atoms with Gasteiger partial charge < -0.3 is 20.1 Å². The summed E-state index contributed by atoms with van der Waals surface area (Å²) in [6, 6.07) is 13.7. The third-order valence-corrected chi connectivity index (χ3v) is 6.69. The molecule has 2 N–H and O–H groups in total. The van der Waals surface area contributed by atoms with E-state index in [1.54, 1.807) is 41.5 Å². The van der Waals surface area contributed by atoms with E-state index in [9.17, 15) is 19.2 Å². The highest BCUT2D eigenvalue weighted by molar-refractivity contribution is 5.95. The van der Waals surface area contributed by atoms with Crippen LogP contribution in [0.2, 0.25) is 0 Å². The number of benzene rings is 2. The summed E-state index contributed by atoms with van der Waals surface area (Å²) < 4.78 is 11.1. The molecule has 45 heavy (non-hydrogen) atoms. The maximum absolute atomic E-state index is 14.4. The monoisotopic (exact) mass is 619 g/mol. The molecule has 9 heteroatoms. The van der Waals surface area contributed by atoms with Crippen LogP contribution >= 0.6 is 0 Å². The SMILES string of the molecule is C#CN(C(=O)C(CC(C)C)NC(=O)OC(C)(C)C)C(C(=O)NC(Cc1ccccc1)C(=O)OC(C)(C)C)c1c(C)cccc1C. The van der Waals surface area contributed by atoms with E-state index in [4.69, 9.17) is 15.9 Å². The van der Waals surface area contributed by atoms with E-state index in [2.05, 4.69) is 16.7 Å². The highest BCUT2D eigenvalue weighted by Crippen LogP contribution is 2.29. The number of aryl methyl sites for hydroxylation is 2. The zero-order valence-corrected chi connectivity index (χ0v) is 28.3. The lowest BCUT2D eigenvalue weighted by Crippen LogP contribution is -2.54. The number of nitrogens with one attached hydrogen (secondary N) is 2. The molecule has 0 saturated carbocycles. The van der Waals surface area contributed by atoms with Gasteiger partial charge in [-0.05, 0) is 90.0 Å². The number of hydrogen-bond acceptors (Lipinski definition) is 6. The van der Waals surface area contributed by atoms with Crippen LogP contribution in [0.5, 0.6) is 0 Å². The standard InChI is InChI=1S/C36H49N3O6/c1-12-39(32(41)27(21-23(2)3)38-34(43)45-36(9,10)11)30(29-24(4)17-16-18-25(29)5)31(40)37-28(33(42)44-35(6,7)8)22-26-19-14-13-15-20-26/h1,13-20,23,27-28,30H,21-22H2,2-11H3,(H,37,40)(H,38,43). The van der Waals surface area contributed by atoms with E-state index in [-0.39, 0.29) is 18.8 Å². The van der Waals surface area contributed by atoms with Crippen molar-refractivity contribution < 1.29 is 28.7 Å². The second-order valence-corrected chi connectivity index (χ2v) is 13.7. The van der Waals surface area contributed by atoms with Crippen molar-refractivity contribution in [3.63, 3.8) is 0 Å². The van der Waals surface area contributed by atoms with Gasteiger partial charge in [-0.25, -0.2) is 9.59 Å². The van der Waals surface area contributed by atoms with Crippen molar-refractivity contribution in [2.24, 2.45) is 5.92 Å². The Morgan fingerprint density at radius 1 is 0.822 bits per heavy atom. The molecule has 3 amide bonds. The number of amides is 3. The number of nitrogens with zero attached hydrogens (tertiary/aromatic N) is 1. The molecule has 0 aliphatic rings. The highest BCUT2D eigenvalue weighted by atomic mass is 16.6. The van der Waals surface area contributed by atoms with Gasteiger partial charge in [0.2, 0.25) is 5.91 Å². The van der Waals surface area contributed by atoms with Gasteiger partial charge in [0.05, 0.1) is 0 Å². The average Bonchev–Trinajstić information content (AvgIpc) is 2.89. The van der Waals surface area contributed by atoms with E-state index >= 15 is 0 Å². The third kappa shape index (κ3) is 11.6. The van der Waals surface area contributed by atoms with Crippen molar-refractivity contribution >= 4 is 23.9 Å². The van der Waals surface area contributed by atoms with Crippen LogP contribution < -0.4 is 10.6 Å². The lowest BCUT2D eigenvalue weighted by Gasteiger charge is -2.33. The van der Waals surface area contributed by atoms with Gasteiger partial charge in [-0.15, -0.1) is 0 Å². The van der Waals surface area contributed by atoms with Crippen molar-refractivity contribution in [2.45, 2.75) is 111 Å². The molecule has 0 aliphatic heterocycles. The summed E-state index contributed by atoms with van der Waals surface area (Å²) in [5.74, 6) is -1.95. The van der Waals surface area contributed by atoms with Crippen LogP contribution in [0.1, 0.15) is 90.1 Å². The number of carbonyl (C=O) groups excluding carboxylic acids is 4. The first-order valence-electron chi connectivity index (χ1n) is 15.2. The van der Waals surface area contributed by atoms with E-state index in [0.717, 1.165) is 21.6 Å². The minimum Gasteiger partial charge on any atom is -0.458 e. The number of carbonyl (C=O) groups is 4. The largest absolute Gasteiger partial charge is 0.458 e. The molecule has 2 rings (SSSR count). The van der Waals surface area contributed by atoms with Gasteiger partial charge in [0, 0.05) is 12.5 Å². The molecule has 0 aliphatic carbocycles. The van der Waals surface area contributed by atoms with Gasteiger partial charge in [-0.2, -0.15) is 0 Å². The van der Waals surface area contributed by atoms with E-state index in [0.29, 0.717) is 5.56 Å². The fourth-order valence-electron chi connectivity index (χ4n) is 4.88. The van der Waals surface area contributed by atoms with Crippen molar-refractivity contribution in [3.8, 4) is 12.5 Å². The molecule has 2 aromatic carbocycles. The van der Waals surface area contributed by atoms with Crippen molar-refractivity contribution in [1.82, 2.24) is 15.5 Å². The number of rotatable bonds is 11. The Kier molecular flexibility index (Phi) is 12.8. The summed E-state index contributed by atoms with van der Waals surface area (Å²) in [6.45, 7) is 17.9. The number of terminal acetylenes is 1. The van der Waals surface area contributed by atoms with E-state index < -0.39 is 53.2 Å². The van der Waals surface area contributed by atoms with Crippen LogP contribution in [-0.2, 0) is 30.3 Å². The first-order chi connectivity index (χ1) is 20.8. The van der Waals surface area contributed by atoms with Gasteiger partial charge in [0.25, 0.3) is 5.91 Å². The molecule has 9 nitrogen and oxygen atoms in total. The Morgan fingerprint density at radius 3 is 1.87 bits per heavy atom. The van der Waals surface area contributed by atoms with Crippen LogP contribution in [0.3, 0.4) is 0 Å². The third-order valence-electron chi connectivity index (χ3n) is 6.69. The quantitative estimate of drug-likeness (QED) is 0.188. The molecule has 0 fully saturated rings. The highest BCUT2D eigenvalue weighted by Gasteiger charge is 2.39. The van der Waals surface area contributed by atoms with Gasteiger partial charge in [-0.3, -0.25) is 14.5 Å². The van der Waals surface area contributed by atoms with Gasteiger partial charge >= 0.3 is 12.1 Å². The predicted octanol–water partition coefficient (Wildman–Crippen LogP) is 5.77. The molecule has 0 saturated heterocycles. The Labute approximate surface area is 268 Å². The van der Waals surface area contributed by atoms with Crippen LogP contribution in [0, 0.1) is 32.2 Å². The summed E-state index contributed by atoms with van der Waals surface area (Å²) in [5, 5.41) is 5.50. The number of ether oxygens (including phenoxy) is 2. The average molecular weight is 620 g/mol. The lowest BCUT2D eigenvalue weighted by molar-refractivity contribution is -0.159. The number of esters is 1. The van der Waals surface area contributed by atoms with Crippen LogP contribution in [-0.4, -0.2) is 52.1 Å². The first kappa shape index (κ1) is 36.9. The number of alkyl carbamates (subject to hydrolysis) is 1. The normalized spacial score (nSPS) is 13.6. The van der Waals surface area contributed by atoms with Crippen molar-refractivity contribution in [2.75, 3.05) is 0 Å². The molecule has 0 spiro atoms. The summed E-state index contributed by atoms with van der Waals surface area (Å²) >= 11 is 0. The molecule has 0 radical (unpaired) electrons. The smallest absolute Gasteiger partial charge is 0.408 e. The molecular formula is C36H49N3O6. The molecule has 3 atom stereocenters. The summed E-state index contributed by atoms with van der Waals surface area (Å²) in [5.41, 5.74) is 1.17. The molecule has 0 heterocycles. The molecule has 2 aromatic rings.